The lowest BCUT2D eigenvalue weighted by molar-refractivity contribution is 0.0746. The number of hydrogen-bond acceptors (Lipinski definition) is 2. The molecule has 1 fully saturated rings. The molecular weight excluding hydrogens is 286 g/mol. The van der Waals surface area contributed by atoms with Crippen molar-refractivity contribution in [1.82, 2.24) is 4.90 Å². The molecule has 0 bridgehead atoms. The molecule has 114 valence electrons. The molecule has 0 radical (unpaired) electrons. The van der Waals surface area contributed by atoms with E-state index in [0.717, 1.165) is 30.9 Å². The second-order valence-corrected chi connectivity index (χ2v) is 5.24. The Morgan fingerprint density at radius 1 is 0.864 bits per heavy atom. The highest BCUT2D eigenvalue weighted by Gasteiger charge is 2.22. The number of piperazine rings is 1. The molecule has 1 aliphatic heterocycles. The number of hydrogen-bond donors (Lipinski definition) is 0. The van der Waals surface area contributed by atoms with E-state index >= 15 is 0 Å². The molecule has 1 saturated heterocycles. The summed E-state index contributed by atoms with van der Waals surface area (Å²) in [6, 6.07) is 13.3. The Balaban J connectivity index is 1.66. The van der Waals surface area contributed by atoms with Crippen LogP contribution in [0.5, 0.6) is 0 Å². The number of amides is 1. The van der Waals surface area contributed by atoms with Crippen molar-refractivity contribution < 1.29 is 13.6 Å². The number of carbonyl (C=O) groups is 1. The van der Waals surface area contributed by atoms with Gasteiger partial charge in [0.2, 0.25) is 0 Å². The van der Waals surface area contributed by atoms with E-state index in [1.54, 1.807) is 4.90 Å². The highest BCUT2D eigenvalue weighted by molar-refractivity contribution is 5.94. The van der Waals surface area contributed by atoms with Gasteiger partial charge in [0.15, 0.2) is 11.6 Å². The summed E-state index contributed by atoms with van der Waals surface area (Å²) in [6.45, 7) is 2.57. The molecule has 0 aliphatic carbocycles. The molecule has 1 aliphatic rings. The Morgan fingerprint density at radius 2 is 1.55 bits per heavy atom. The van der Waals surface area contributed by atoms with E-state index in [1.165, 1.54) is 6.07 Å². The molecule has 3 rings (SSSR count). The fourth-order valence-corrected chi connectivity index (χ4v) is 2.62. The van der Waals surface area contributed by atoms with E-state index < -0.39 is 11.6 Å². The quantitative estimate of drug-likeness (QED) is 0.851. The van der Waals surface area contributed by atoms with Gasteiger partial charge in [0.05, 0.1) is 0 Å². The van der Waals surface area contributed by atoms with E-state index in [-0.39, 0.29) is 11.5 Å². The first kappa shape index (κ1) is 14.5. The molecule has 0 aromatic heterocycles. The third kappa shape index (κ3) is 2.93. The SMILES string of the molecule is O=C(c1ccc(F)c(F)c1)N1CCN(c2ccccc2)CC1. The Labute approximate surface area is 127 Å². The van der Waals surface area contributed by atoms with Gasteiger partial charge in [-0.3, -0.25) is 4.79 Å². The molecule has 3 nitrogen and oxygen atoms in total. The second-order valence-electron chi connectivity index (χ2n) is 5.24. The first-order valence-electron chi connectivity index (χ1n) is 7.19. The number of para-hydroxylation sites is 1. The first-order chi connectivity index (χ1) is 10.6. The Bertz CT molecular complexity index is 668. The van der Waals surface area contributed by atoms with Crippen molar-refractivity contribution in [2.45, 2.75) is 0 Å². The summed E-state index contributed by atoms with van der Waals surface area (Å²) in [5.41, 5.74) is 1.31. The minimum Gasteiger partial charge on any atom is -0.368 e. The molecule has 1 amide bonds. The fourth-order valence-electron chi connectivity index (χ4n) is 2.62. The van der Waals surface area contributed by atoms with Crippen molar-refractivity contribution in [3.05, 3.63) is 65.7 Å². The van der Waals surface area contributed by atoms with Crippen molar-refractivity contribution in [3.63, 3.8) is 0 Å². The van der Waals surface area contributed by atoms with E-state index in [2.05, 4.69) is 4.90 Å². The predicted molar refractivity (Wildman–Crippen MR) is 80.9 cm³/mol. The predicted octanol–water partition coefficient (Wildman–Crippen LogP) is 2.93. The molecule has 2 aromatic rings. The molecule has 5 heteroatoms. The molecule has 0 atom stereocenters. The highest BCUT2D eigenvalue weighted by atomic mass is 19.2. The Hall–Kier alpha value is -2.43. The van der Waals surface area contributed by atoms with Crippen molar-refractivity contribution in [2.24, 2.45) is 0 Å². The summed E-state index contributed by atoms with van der Waals surface area (Å²) in [4.78, 5) is 16.2. The number of rotatable bonds is 2. The largest absolute Gasteiger partial charge is 0.368 e. The highest BCUT2D eigenvalue weighted by Crippen LogP contribution is 2.17. The summed E-state index contributed by atoms with van der Waals surface area (Å²) < 4.78 is 26.2. The zero-order valence-electron chi connectivity index (χ0n) is 12.0. The molecular formula is C17H16F2N2O. The minimum atomic E-state index is -0.992. The standard InChI is InChI=1S/C17H16F2N2O/c18-15-7-6-13(12-16(15)19)17(22)21-10-8-20(9-11-21)14-4-2-1-3-5-14/h1-7,12H,8-11H2. The van der Waals surface area contributed by atoms with Crippen LogP contribution >= 0.6 is 0 Å². The summed E-state index contributed by atoms with van der Waals surface area (Å²) in [5.74, 6) is -2.19. The van der Waals surface area contributed by atoms with Gasteiger partial charge in [-0.1, -0.05) is 18.2 Å². The maximum Gasteiger partial charge on any atom is 0.254 e. The van der Waals surface area contributed by atoms with Gasteiger partial charge in [-0.15, -0.1) is 0 Å². The topological polar surface area (TPSA) is 23.6 Å². The van der Waals surface area contributed by atoms with Gasteiger partial charge in [-0.25, -0.2) is 8.78 Å². The Morgan fingerprint density at radius 3 is 2.18 bits per heavy atom. The van der Waals surface area contributed by atoms with Crippen LogP contribution < -0.4 is 4.90 Å². The maximum atomic E-state index is 13.2. The van der Waals surface area contributed by atoms with Gasteiger partial charge in [-0.05, 0) is 30.3 Å². The summed E-state index contributed by atoms with van der Waals surface area (Å²) in [5, 5.41) is 0. The normalized spacial score (nSPS) is 15.0. The lowest BCUT2D eigenvalue weighted by Crippen LogP contribution is -2.48. The molecule has 0 spiro atoms. The fraction of sp³-hybridized carbons (Fsp3) is 0.235. The zero-order valence-corrected chi connectivity index (χ0v) is 12.0. The van der Waals surface area contributed by atoms with Gasteiger partial charge >= 0.3 is 0 Å². The lowest BCUT2D eigenvalue weighted by atomic mass is 10.1. The zero-order chi connectivity index (χ0) is 15.5. The van der Waals surface area contributed by atoms with Crippen LogP contribution in [0.25, 0.3) is 0 Å². The van der Waals surface area contributed by atoms with E-state index in [4.69, 9.17) is 0 Å². The average molecular weight is 302 g/mol. The summed E-state index contributed by atoms with van der Waals surface area (Å²) >= 11 is 0. The van der Waals surface area contributed by atoms with Gasteiger partial charge in [0.1, 0.15) is 0 Å². The number of nitrogens with zero attached hydrogens (tertiary/aromatic N) is 2. The molecule has 1 heterocycles. The van der Waals surface area contributed by atoms with Gasteiger partial charge in [0.25, 0.3) is 5.91 Å². The Kier molecular flexibility index (Phi) is 4.04. The monoisotopic (exact) mass is 302 g/mol. The second kappa shape index (κ2) is 6.13. The van der Waals surface area contributed by atoms with Crippen molar-refractivity contribution in [3.8, 4) is 0 Å². The van der Waals surface area contributed by atoms with Crippen LogP contribution in [0.15, 0.2) is 48.5 Å². The van der Waals surface area contributed by atoms with Crippen LogP contribution in [0.3, 0.4) is 0 Å². The minimum absolute atomic E-state index is 0.187. The number of benzene rings is 2. The molecule has 0 unspecified atom stereocenters. The van der Waals surface area contributed by atoms with Crippen LogP contribution in [-0.2, 0) is 0 Å². The van der Waals surface area contributed by atoms with E-state index in [0.29, 0.717) is 13.1 Å². The van der Waals surface area contributed by atoms with Crippen LogP contribution in [0.2, 0.25) is 0 Å². The van der Waals surface area contributed by atoms with Crippen LogP contribution in [0, 0.1) is 11.6 Å². The van der Waals surface area contributed by atoms with Crippen LogP contribution in [-0.4, -0.2) is 37.0 Å². The maximum absolute atomic E-state index is 13.2. The van der Waals surface area contributed by atoms with E-state index in [9.17, 15) is 13.6 Å². The summed E-state index contributed by atoms with van der Waals surface area (Å²) in [6.07, 6.45) is 0. The van der Waals surface area contributed by atoms with Crippen LogP contribution in [0.4, 0.5) is 14.5 Å². The summed E-state index contributed by atoms with van der Waals surface area (Å²) in [7, 11) is 0. The van der Waals surface area contributed by atoms with E-state index in [1.807, 2.05) is 30.3 Å². The van der Waals surface area contributed by atoms with Crippen LogP contribution in [0.1, 0.15) is 10.4 Å². The number of halogens is 2. The molecule has 2 aromatic carbocycles. The average Bonchev–Trinajstić information content (AvgIpc) is 2.58. The van der Waals surface area contributed by atoms with Crippen molar-refractivity contribution >= 4 is 11.6 Å². The van der Waals surface area contributed by atoms with Gasteiger partial charge in [-0.2, -0.15) is 0 Å². The van der Waals surface area contributed by atoms with Crippen molar-refractivity contribution in [1.29, 1.82) is 0 Å². The van der Waals surface area contributed by atoms with Gasteiger partial charge in [0, 0.05) is 37.4 Å². The van der Waals surface area contributed by atoms with Gasteiger partial charge < -0.3 is 9.80 Å². The smallest absolute Gasteiger partial charge is 0.254 e. The first-order valence-corrected chi connectivity index (χ1v) is 7.19. The molecule has 0 saturated carbocycles. The number of carbonyl (C=O) groups excluding carboxylic acids is 1. The molecule has 22 heavy (non-hydrogen) atoms. The third-order valence-electron chi connectivity index (χ3n) is 3.85. The number of anilines is 1. The molecule has 0 N–H and O–H groups in total. The third-order valence-corrected chi connectivity index (χ3v) is 3.85. The lowest BCUT2D eigenvalue weighted by Gasteiger charge is -2.36. The van der Waals surface area contributed by atoms with Crippen molar-refractivity contribution in [2.75, 3.05) is 31.1 Å².